The molecule has 1 atom stereocenters. The van der Waals surface area contributed by atoms with Gasteiger partial charge < -0.3 is 25.0 Å². The number of nitrogens with one attached hydrogen (secondary N) is 1. The summed E-state index contributed by atoms with van der Waals surface area (Å²) < 4.78 is 10.1. The van der Waals surface area contributed by atoms with Crippen LogP contribution in [-0.4, -0.2) is 48.0 Å². The lowest BCUT2D eigenvalue weighted by Crippen LogP contribution is -2.34. The molecule has 1 fully saturated rings. The smallest absolute Gasteiger partial charge is 0.342 e. The van der Waals surface area contributed by atoms with Crippen LogP contribution >= 0.6 is 0 Å². The van der Waals surface area contributed by atoms with Crippen molar-refractivity contribution in [3.63, 3.8) is 0 Å². The lowest BCUT2D eigenvalue weighted by atomic mass is 10.2. The molecule has 0 radical (unpaired) electrons. The van der Waals surface area contributed by atoms with Crippen molar-refractivity contribution in [3.05, 3.63) is 23.8 Å². The standard InChI is InChI=1S/C14H17NO6/c16-9-3-4-11(12(17)6-9)14(19)21-8-13(18)15-7-10-2-1-5-20-10/h3-4,6,10,16-17H,1-2,5,7-8H2,(H,15,18)/t10-/m1/s1. The number of phenols is 2. The summed E-state index contributed by atoms with van der Waals surface area (Å²) in [6.45, 7) is 0.655. The average Bonchev–Trinajstić information content (AvgIpc) is 2.95. The molecule has 1 aliphatic heterocycles. The summed E-state index contributed by atoms with van der Waals surface area (Å²) in [7, 11) is 0. The summed E-state index contributed by atoms with van der Waals surface area (Å²) in [6.07, 6.45) is 1.91. The van der Waals surface area contributed by atoms with E-state index in [1.165, 1.54) is 12.1 Å². The van der Waals surface area contributed by atoms with Crippen LogP contribution < -0.4 is 5.32 Å². The Bertz CT molecular complexity index is 524. The van der Waals surface area contributed by atoms with Crippen LogP contribution in [0, 0.1) is 0 Å². The van der Waals surface area contributed by atoms with Crippen molar-refractivity contribution in [1.29, 1.82) is 0 Å². The van der Waals surface area contributed by atoms with Gasteiger partial charge in [0, 0.05) is 19.2 Å². The molecule has 7 heteroatoms. The zero-order chi connectivity index (χ0) is 15.2. The van der Waals surface area contributed by atoms with Crippen LogP contribution in [0.1, 0.15) is 23.2 Å². The maximum atomic E-state index is 11.7. The summed E-state index contributed by atoms with van der Waals surface area (Å²) >= 11 is 0. The summed E-state index contributed by atoms with van der Waals surface area (Å²) in [5.74, 6) is -1.84. The molecule has 0 unspecified atom stereocenters. The second-order valence-electron chi connectivity index (χ2n) is 4.72. The summed E-state index contributed by atoms with van der Waals surface area (Å²) in [5, 5.41) is 21.2. The molecular formula is C14H17NO6. The van der Waals surface area contributed by atoms with Crippen molar-refractivity contribution < 1.29 is 29.3 Å². The number of hydrogen-bond acceptors (Lipinski definition) is 6. The van der Waals surface area contributed by atoms with Crippen LogP contribution in [0.5, 0.6) is 11.5 Å². The van der Waals surface area contributed by atoms with Crippen LogP contribution in [0.15, 0.2) is 18.2 Å². The van der Waals surface area contributed by atoms with Crippen LogP contribution in [0.2, 0.25) is 0 Å². The third-order valence-corrected chi connectivity index (χ3v) is 3.09. The molecule has 0 aliphatic carbocycles. The molecule has 1 aliphatic rings. The highest BCUT2D eigenvalue weighted by molar-refractivity contribution is 5.94. The van der Waals surface area contributed by atoms with Gasteiger partial charge in [0.15, 0.2) is 6.61 Å². The first-order valence-electron chi connectivity index (χ1n) is 6.63. The zero-order valence-corrected chi connectivity index (χ0v) is 11.4. The molecule has 2 rings (SSSR count). The minimum absolute atomic E-state index is 0.0193. The van der Waals surface area contributed by atoms with Crippen LogP contribution in [0.25, 0.3) is 0 Å². The van der Waals surface area contributed by atoms with E-state index in [1.807, 2.05) is 0 Å². The number of benzene rings is 1. The predicted molar refractivity (Wildman–Crippen MR) is 72.0 cm³/mol. The van der Waals surface area contributed by atoms with Crippen LogP contribution in [0.4, 0.5) is 0 Å². The van der Waals surface area contributed by atoms with Gasteiger partial charge >= 0.3 is 5.97 Å². The number of carbonyl (C=O) groups is 2. The van der Waals surface area contributed by atoms with Gasteiger partial charge in [-0.25, -0.2) is 4.79 Å². The Hall–Kier alpha value is -2.28. The number of amides is 1. The highest BCUT2D eigenvalue weighted by Crippen LogP contribution is 2.23. The van der Waals surface area contributed by atoms with E-state index in [2.05, 4.69) is 5.32 Å². The number of esters is 1. The third-order valence-electron chi connectivity index (χ3n) is 3.09. The van der Waals surface area contributed by atoms with Crippen molar-refractivity contribution in [2.45, 2.75) is 18.9 Å². The Morgan fingerprint density at radius 1 is 1.38 bits per heavy atom. The van der Waals surface area contributed by atoms with Gasteiger partial charge in [-0.05, 0) is 25.0 Å². The second-order valence-corrected chi connectivity index (χ2v) is 4.72. The van der Waals surface area contributed by atoms with Crippen molar-refractivity contribution in [2.24, 2.45) is 0 Å². The van der Waals surface area contributed by atoms with E-state index in [4.69, 9.17) is 14.6 Å². The number of phenolic OH excluding ortho intramolecular Hbond substituents is 2. The Labute approximate surface area is 121 Å². The highest BCUT2D eigenvalue weighted by Gasteiger charge is 2.18. The molecule has 21 heavy (non-hydrogen) atoms. The van der Waals surface area contributed by atoms with Crippen molar-refractivity contribution in [3.8, 4) is 11.5 Å². The van der Waals surface area contributed by atoms with Gasteiger partial charge in [-0.1, -0.05) is 0 Å². The fourth-order valence-electron chi connectivity index (χ4n) is 1.99. The van der Waals surface area contributed by atoms with E-state index >= 15 is 0 Å². The molecule has 1 aromatic carbocycles. The van der Waals surface area contributed by atoms with Gasteiger partial charge in [0.05, 0.1) is 6.10 Å². The number of carbonyl (C=O) groups excluding carboxylic acids is 2. The van der Waals surface area contributed by atoms with E-state index < -0.39 is 24.2 Å². The molecule has 1 amide bonds. The first kappa shape index (κ1) is 15.1. The molecule has 0 saturated carbocycles. The number of aromatic hydroxyl groups is 2. The molecule has 0 spiro atoms. The van der Waals surface area contributed by atoms with Gasteiger partial charge in [-0.15, -0.1) is 0 Å². The molecule has 7 nitrogen and oxygen atoms in total. The van der Waals surface area contributed by atoms with Gasteiger partial charge in [0.1, 0.15) is 17.1 Å². The first-order valence-corrected chi connectivity index (χ1v) is 6.63. The van der Waals surface area contributed by atoms with Gasteiger partial charge in [-0.3, -0.25) is 4.79 Å². The molecule has 114 valence electrons. The minimum Gasteiger partial charge on any atom is -0.508 e. The average molecular weight is 295 g/mol. The molecule has 1 heterocycles. The van der Waals surface area contributed by atoms with Crippen LogP contribution in [0.3, 0.4) is 0 Å². The second kappa shape index (κ2) is 6.94. The first-order chi connectivity index (χ1) is 10.1. The van der Waals surface area contributed by atoms with E-state index in [0.717, 1.165) is 18.9 Å². The topological polar surface area (TPSA) is 105 Å². The fourth-order valence-corrected chi connectivity index (χ4v) is 1.99. The Balaban J connectivity index is 1.76. The molecule has 1 aromatic rings. The van der Waals surface area contributed by atoms with Crippen LogP contribution in [-0.2, 0) is 14.3 Å². The Morgan fingerprint density at radius 2 is 2.19 bits per heavy atom. The predicted octanol–water partition coefficient (Wildman–Crippen LogP) is 0.550. The SMILES string of the molecule is O=C(COC(=O)c1ccc(O)cc1O)NC[C@H]1CCCO1. The highest BCUT2D eigenvalue weighted by atomic mass is 16.5. The van der Waals surface area contributed by atoms with Gasteiger partial charge in [-0.2, -0.15) is 0 Å². The number of ether oxygens (including phenoxy) is 2. The molecule has 0 aromatic heterocycles. The minimum atomic E-state index is -0.834. The van der Waals surface area contributed by atoms with Crippen molar-refractivity contribution in [2.75, 3.05) is 19.8 Å². The van der Waals surface area contributed by atoms with E-state index in [0.29, 0.717) is 13.2 Å². The maximum Gasteiger partial charge on any atom is 0.342 e. The number of rotatable bonds is 5. The molecular weight excluding hydrogens is 278 g/mol. The Kier molecular flexibility index (Phi) is 4.99. The lowest BCUT2D eigenvalue weighted by molar-refractivity contribution is -0.124. The normalized spacial score (nSPS) is 17.4. The summed E-state index contributed by atoms with van der Waals surface area (Å²) in [6, 6.07) is 3.49. The lowest BCUT2D eigenvalue weighted by Gasteiger charge is -2.11. The van der Waals surface area contributed by atoms with Gasteiger partial charge in [0.25, 0.3) is 5.91 Å². The Morgan fingerprint density at radius 3 is 2.86 bits per heavy atom. The van der Waals surface area contributed by atoms with E-state index in [1.54, 1.807) is 0 Å². The van der Waals surface area contributed by atoms with E-state index in [9.17, 15) is 14.7 Å². The molecule has 0 bridgehead atoms. The van der Waals surface area contributed by atoms with Crippen molar-refractivity contribution >= 4 is 11.9 Å². The quantitative estimate of drug-likeness (QED) is 0.685. The molecule has 1 saturated heterocycles. The maximum absolute atomic E-state index is 11.7. The summed E-state index contributed by atoms with van der Waals surface area (Å²) in [5.41, 5.74) is -0.111. The third kappa shape index (κ3) is 4.35. The fraction of sp³-hybridized carbons (Fsp3) is 0.429. The molecule has 3 N–H and O–H groups in total. The van der Waals surface area contributed by atoms with Gasteiger partial charge in [0.2, 0.25) is 0 Å². The zero-order valence-electron chi connectivity index (χ0n) is 11.4. The van der Waals surface area contributed by atoms with Crippen molar-refractivity contribution in [1.82, 2.24) is 5.32 Å². The number of hydrogen-bond donors (Lipinski definition) is 3. The van der Waals surface area contributed by atoms with E-state index in [-0.39, 0.29) is 17.4 Å². The largest absolute Gasteiger partial charge is 0.508 e. The monoisotopic (exact) mass is 295 g/mol. The summed E-state index contributed by atoms with van der Waals surface area (Å²) in [4.78, 5) is 23.2.